The van der Waals surface area contributed by atoms with Gasteiger partial charge in [0.25, 0.3) is 5.91 Å². The van der Waals surface area contributed by atoms with Crippen molar-refractivity contribution in [2.24, 2.45) is 0 Å². The summed E-state index contributed by atoms with van der Waals surface area (Å²) in [5, 5.41) is 2.54. The van der Waals surface area contributed by atoms with Gasteiger partial charge in [0, 0.05) is 44.8 Å². The van der Waals surface area contributed by atoms with Crippen molar-refractivity contribution in [3.8, 4) is 0 Å². The summed E-state index contributed by atoms with van der Waals surface area (Å²) in [5.41, 5.74) is 1.38. The van der Waals surface area contributed by atoms with Crippen LogP contribution in [0, 0.1) is 5.82 Å². The van der Waals surface area contributed by atoms with Gasteiger partial charge in [-0.3, -0.25) is 9.69 Å². The van der Waals surface area contributed by atoms with Crippen LogP contribution >= 0.6 is 0 Å². The third-order valence-corrected chi connectivity index (χ3v) is 6.58. The van der Waals surface area contributed by atoms with Crippen LogP contribution in [-0.2, 0) is 16.6 Å². The van der Waals surface area contributed by atoms with E-state index in [0.717, 1.165) is 12.6 Å². The first kappa shape index (κ1) is 20.4. The Balaban J connectivity index is 1.44. The maximum Gasteiger partial charge on any atom is 0.251 e. The van der Waals surface area contributed by atoms with Crippen LogP contribution in [0.4, 0.5) is 4.39 Å². The van der Waals surface area contributed by atoms with Gasteiger partial charge in [-0.2, -0.15) is 4.31 Å². The minimum Gasteiger partial charge on any atom is -0.351 e. The van der Waals surface area contributed by atoms with Crippen LogP contribution in [0.5, 0.6) is 0 Å². The number of piperazine rings is 1. The van der Waals surface area contributed by atoms with Gasteiger partial charge in [-0.25, -0.2) is 12.8 Å². The van der Waals surface area contributed by atoms with Crippen LogP contribution < -0.4 is 5.32 Å². The molecule has 2 aromatic carbocycles. The first-order valence-corrected chi connectivity index (χ1v) is 10.8. The first-order chi connectivity index (χ1) is 13.4. The molecule has 0 spiro atoms. The van der Waals surface area contributed by atoms with Crippen molar-refractivity contribution in [2.45, 2.75) is 6.54 Å². The monoisotopic (exact) mass is 405 g/mol. The number of nitrogens with one attached hydrogen (secondary N) is 1. The molecule has 0 radical (unpaired) electrons. The lowest BCUT2D eigenvalue weighted by Gasteiger charge is -2.34. The zero-order chi connectivity index (χ0) is 20.0. The number of rotatable bonds is 7. The Hall–Kier alpha value is -2.29. The molecule has 2 aromatic rings. The van der Waals surface area contributed by atoms with Gasteiger partial charge >= 0.3 is 0 Å². The number of hydrogen-bond donors (Lipinski definition) is 1. The van der Waals surface area contributed by atoms with E-state index in [1.807, 2.05) is 18.2 Å². The van der Waals surface area contributed by atoms with Gasteiger partial charge in [0.15, 0.2) is 0 Å². The molecule has 0 atom stereocenters. The van der Waals surface area contributed by atoms with E-state index in [9.17, 15) is 17.6 Å². The Kier molecular flexibility index (Phi) is 6.77. The lowest BCUT2D eigenvalue weighted by atomic mass is 10.2. The summed E-state index contributed by atoms with van der Waals surface area (Å²) in [4.78, 5) is 14.2. The molecule has 1 aliphatic heterocycles. The molecule has 3 rings (SSSR count). The highest BCUT2D eigenvalue weighted by atomic mass is 32.2. The molecule has 28 heavy (non-hydrogen) atoms. The van der Waals surface area contributed by atoms with E-state index in [0.29, 0.717) is 26.2 Å². The molecule has 1 saturated heterocycles. The maximum atomic E-state index is 13.2. The van der Waals surface area contributed by atoms with E-state index in [2.05, 4.69) is 22.3 Å². The van der Waals surface area contributed by atoms with Crippen molar-refractivity contribution < 1.29 is 17.6 Å². The number of carbonyl (C=O) groups is 1. The number of benzene rings is 2. The van der Waals surface area contributed by atoms with Crippen LogP contribution in [0.3, 0.4) is 0 Å². The maximum absolute atomic E-state index is 13.2. The molecule has 1 aliphatic rings. The average molecular weight is 405 g/mol. The standard InChI is InChI=1S/C20H24FN3O3S/c21-19-8-4-7-18(15-19)20(25)22-9-14-28(26,27)24-12-10-23(11-13-24)16-17-5-2-1-3-6-17/h1-8,15H,9-14,16H2,(H,22,25). The lowest BCUT2D eigenvalue weighted by molar-refractivity contribution is 0.0955. The van der Waals surface area contributed by atoms with Crippen molar-refractivity contribution in [3.63, 3.8) is 0 Å². The predicted molar refractivity (Wildman–Crippen MR) is 106 cm³/mol. The summed E-state index contributed by atoms with van der Waals surface area (Å²) in [6.45, 7) is 3.01. The molecule has 1 amide bonds. The van der Waals surface area contributed by atoms with Gasteiger partial charge in [0.1, 0.15) is 5.82 Å². The number of carbonyl (C=O) groups excluding carboxylic acids is 1. The minimum atomic E-state index is -3.45. The van der Waals surface area contributed by atoms with E-state index in [1.165, 1.54) is 28.1 Å². The highest BCUT2D eigenvalue weighted by molar-refractivity contribution is 7.89. The van der Waals surface area contributed by atoms with E-state index >= 15 is 0 Å². The molecule has 0 aromatic heterocycles. The molecule has 0 bridgehead atoms. The summed E-state index contributed by atoms with van der Waals surface area (Å²) in [6, 6.07) is 15.4. The normalized spacial score (nSPS) is 16.0. The van der Waals surface area contributed by atoms with Gasteiger partial charge < -0.3 is 5.32 Å². The largest absolute Gasteiger partial charge is 0.351 e. The van der Waals surface area contributed by atoms with Crippen LogP contribution in [0.25, 0.3) is 0 Å². The van der Waals surface area contributed by atoms with Gasteiger partial charge in [-0.05, 0) is 23.8 Å². The Labute approximate surface area is 165 Å². The Morgan fingerprint density at radius 1 is 1.00 bits per heavy atom. The highest BCUT2D eigenvalue weighted by Crippen LogP contribution is 2.11. The van der Waals surface area contributed by atoms with Crippen LogP contribution in [0.2, 0.25) is 0 Å². The fraction of sp³-hybridized carbons (Fsp3) is 0.350. The van der Waals surface area contributed by atoms with Crippen LogP contribution in [0.15, 0.2) is 54.6 Å². The van der Waals surface area contributed by atoms with Gasteiger partial charge in [0.05, 0.1) is 5.75 Å². The van der Waals surface area contributed by atoms with Gasteiger partial charge in [0.2, 0.25) is 10.0 Å². The van der Waals surface area contributed by atoms with Crippen molar-refractivity contribution >= 4 is 15.9 Å². The summed E-state index contributed by atoms with van der Waals surface area (Å²) in [6.07, 6.45) is 0. The number of nitrogens with zero attached hydrogens (tertiary/aromatic N) is 2. The molecule has 1 fully saturated rings. The molecular formula is C20H24FN3O3S. The van der Waals surface area contributed by atoms with Crippen LogP contribution in [0.1, 0.15) is 15.9 Å². The number of halogens is 1. The van der Waals surface area contributed by atoms with E-state index in [-0.39, 0.29) is 17.9 Å². The Bertz CT molecular complexity index is 898. The van der Waals surface area contributed by atoms with Crippen molar-refractivity contribution in [3.05, 3.63) is 71.5 Å². The molecule has 1 heterocycles. The quantitative estimate of drug-likeness (QED) is 0.761. The van der Waals surface area contributed by atoms with E-state index in [1.54, 1.807) is 0 Å². The summed E-state index contributed by atoms with van der Waals surface area (Å²) in [5.74, 6) is -1.16. The Morgan fingerprint density at radius 2 is 1.71 bits per heavy atom. The molecule has 0 saturated carbocycles. The van der Waals surface area contributed by atoms with Crippen molar-refractivity contribution in [1.82, 2.24) is 14.5 Å². The zero-order valence-electron chi connectivity index (χ0n) is 15.6. The van der Waals surface area contributed by atoms with Crippen molar-refractivity contribution in [1.29, 1.82) is 0 Å². The topological polar surface area (TPSA) is 69.7 Å². The Morgan fingerprint density at radius 3 is 2.39 bits per heavy atom. The zero-order valence-corrected chi connectivity index (χ0v) is 16.4. The number of hydrogen-bond acceptors (Lipinski definition) is 4. The van der Waals surface area contributed by atoms with E-state index < -0.39 is 21.7 Å². The molecular weight excluding hydrogens is 381 g/mol. The molecule has 6 nitrogen and oxygen atoms in total. The highest BCUT2D eigenvalue weighted by Gasteiger charge is 2.26. The second-order valence-electron chi connectivity index (χ2n) is 6.74. The minimum absolute atomic E-state index is 0.0120. The fourth-order valence-corrected chi connectivity index (χ4v) is 4.50. The second kappa shape index (κ2) is 9.27. The molecule has 0 unspecified atom stereocenters. The molecule has 1 N–H and O–H groups in total. The molecule has 8 heteroatoms. The van der Waals surface area contributed by atoms with Gasteiger partial charge in [-0.1, -0.05) is 36.4 Å². The number of sulfonamides is 1. The lowest BCUT2D eigenvalue weighted by Crippen LogP contribution is -2.49. The fourth-order valence-electron chi connectivity index (χ4n) is 3.16. The smallest absolute Gasteiger partial charge is 0.251 e. The summed E-state index contributed by atoms with van der Waals surface area (Å²) in [7, 11) is -3.45. The summed E-state index contributed by atoms with van der Waals surface area (Å²) >= 11 is 0. The third kappa shape index (κ3) is 5.60. The SMILES string of the molecule is O=C(NCCS(=O)(=O)N1CCN(Cc2ccccc2)CC1)c1cccc(F)c1. The summed E-state index contributed by atoms with van der Waals surface area (Å²) < 4.78 is 39.7. The van der Waals surface area contributed by atoms with Crippen LogP contribution in [-0.4, -0.2) is 62.0 Å². The van der Waals surface area contributed by atoms with Crippen molar-refractivity contribution in [2.75, 3.05) is 38.5 Å². The first-order valence-electron chi connectivity index (χ1n) is 9.22. The molecule has 150 valence electrons. The third-order valence-electron chi connectivity index (χ3n) is 4.71. The van der Waals surface area contributed by atoms with Gasteiger partial charge in [-0.15, -0.1) is 0 Å². The predicted octanol–water partition coefficient (Wildman–Crippen LogP) is 1.70. The molecule has 0 aliphatic carbocycles. The number of amides is 1. The van der Waals surface area contributed by atoms with E-state index in [4.69, 9.17) is 0 Å². The average Bonchev–Trinajstić information content (AvgIpc) is 2.69. The second-order valence-corrected chi connectivity index (χ2v) is 8.83.